The number of aliphatic hydroxyl groups excluding tert-OH is 2. The van der Waals surface area contributed by atoms with Gasteiger partial charge < -0.3 is 14.8 Å². The molecule has 4 nitrogen and oxygen atoms in total. The molecule has 0 aliphatic heterocycles. The third-order valence-electron chi connectivity index (χ3n) is 3.37. The summed E-state index contributed by atoms with van der Waals surface area (Å²) in [5.74, 6) is 0. The lowest BCUT2D eigenvalue weighted by Gasteiger charge is -2.19. The average Bonchev–Trinajstić information content (AvgIpc) is 2.86. The SMILES string of the molecule is Cc1nccc2c1ccn2C1C=CC(O)C1O. The lowest BCUT2D eigenvalue weighted by atomic mass is 10.2. The Morgan fingerprint density at radius 1 is 1.24 bits per heavy atom. The first-order chi connectivity index (χ1) is 8.18. The van der Waals surface area contributed by atoms with Crippen molar-refractivity contribution in [2.75, 3.05) is 0 Å². The molecule has 0 saturated carbocycles. The van der Waals surface area contributed by atoms with Crippen molar-refractivity contribution in [1.29, 1.82) is 0 Å². The monoisotopic (exact) mass is 230 g/mol. The average molecular weight is 230 g/mol. The molecule has 0 spiro atoms. The lowest BCUT2D eigenvalue weighted by Crippen LogP contribution is -2.27. The fourth-order valence-corrected chi connectivity index (χ4v) is 2.41. The standard InChI is InChI=1S/C13H14N2O2/c1-8-9-5-7-15(10(9)4-6-14-8)11-2-3-12(16)13(11)17/h2-7,11-13,16-17H,1H3. The van der Waals surface area contributed by atoms with Gasteiger partial charge in [-0.2, -0.15) is 0 Å². The summed E-state index contributed by atoms with van der Waals surface area (Å²) in [7, 11) is 0. The lowest BCUT2D eigenvalue weighted by molar-refractivity contribution is 0.0377. The van der Waals surface area contributed by atoms with E-state index in [0.29, 0.717) is 0 Å². The van der Waals surface area contributed by atoms with Crippen molar-refractivity contribution < 1.29 is 10.2 Å². The van der Waals surface area contributed by atoms with Crippen molar-refractivity contribution in [3.8, 4) is 0 Å². The zero-order chi connectivity index (χ0) is 12.0. The summed E-state index contributed by atoms with van der Waals surface area (Å²) >= 11 is 0. The number of fused-ring (bicyclic) bond motifs is 1. The van der Waals surface area contributed by atoms with E-state index in [9.17, 15) is 10.2 Å². The van der Waals surface area contributed by atoms with Crippen molar-refractivity contribution in [2.24, 2.45) is 0 Å². The van der Waals surface area contributed by atoms with Gasteiger partial charge >= 0.3 is 0 Å². The van der Waals surface area contributed by atoms with Gasteiger partial charge in [0.15, 0.2) is 0 Å². The van der Waals surface area contributed by atoms with Gasteiger partial charge in [-0.25, -0.2) is 0 Å². The maximum atomic E-state index is 9.91. The molecule has 2 aromatic heterocycles. The van der Waals surface area contributed by atoms with Gasteiger partial charge in [-0.1, -0.05) is 12.2 Å². The molecule has 88 valence electrons. The zero-order valence-corrected chi connectivity index (χ0v) is 9.49. The molecule has 0 bridgehead atoms. The van der Waals surface area contributed by atoms with Gasteiger partial charge in [0.2, 0.25) is 0 Å². The molecule has 17 heavy (non-hydrogen) atoms. The molecule has 3 atom stereocenters. The van der Waals surface area contributed by atoms with E-state index in [1.54, 1.807) is 12.3 Å². The second kappa shape index (κ2) is 3.68. The molecule has 1 aliphatic rings. The van der Waals surface area contributed by atoms with Gasteiger partial charge in [-0.3, -0.25) is 4.98 Å². The van der Waals surface area contributed by atoms with Crippen LogP contribution < -0.4 is 0 Å². The van der Waals surface area contributed by atoms with Crippen molar-refractivity contribution in [3.63, 3.8) is 0 Å². The second-order valence-electron chi connectivity index (χ2n) is 4.41. The summed E-state index contributed by atoms with van der Waals surface area (Å²) in [6.45, 7) is 1.96. The van der Waals surface area contributed by atoms with Crippen LogP contribution in [0, 0.1) is 6.92 Å². The Bertz CT molecular complexity index is 588. The summed E-state index contributed by atoms with van der Waals surface area (Å²) in [5.41, 5.74) is 2.00. The van der Waals surface area contributed by atoms with E-state index in [1.165, 1.54) is 0 Å². The molecule has 2 heterocycles. The molecule has 0 fully saturated rings. The fraction of sp³-hybridized carbons (Fsp3) is 0.308. The Morgan fingerprint density at radius 3 is 2.76 bits per heavy atom. The van der Waals surface area contributed by atoms with Crippen LogP contribution in [-0.2, 0) is 0 Å². The summed E-state index contributed by atoms with van der Waals surface area (Å²) in [6.07, 6.45) is 5.60. The molecule has 2 N–H and O–H groups in total. The molecule has 4 heteroatoms. The van der Waals surface area contributed by atoms with Crippen molar-refractivity contribution >= 4 is 10.9 Å². The number of aliphatic hydroxyl groups is 2. The van der Waals surface area contributed by atoms with E-state index in [2.05, 4.69) is 4.98 Å². The van der Waals surface area contributed by atoms with Crippen LogP contribution in [0.4, 0.5) is 0 Å². The van der Waals surface area contributed by atoms with Gasteiger partial charge in [-0.05, 0) is 19.1 Å². The smallest absolute Gasteiger partial charge is 0.108 e. The first-order valence-corrected chi connectivity index (χ1v) is 5.65. The largest absolute Gasteiger partial charge is 0.388 e. The Labute approximate surface area is 98.8 Å². The van der Waals surface area contributed by atoms with Crippen LogP contribution in [0.15, 0.2) is 36.7 Å². The number of rotatable bonds is 1. The summed E-state index contributed by atoms with van der Waals surface area (Å²) in [5, 5.41) is 20.5. The molecule has 2 aromatic rings. The predicted octanol–water partition coefficient (Wildman–Crippen LogP) is 1.18. The Balaban J connectivity index is 2.13. The minimum absolute atomic E-state index is 0.204. The van der Waals surface area contributed by atoms with Gasteiger partial charge in [-0.15, -0.1) is 0 Å². The van der Waals surface area contributed by atoms with Gasteiger partial charge in [0.25, 0.3) is 0 Å². The predicted molar refractivity (Wildman–Crippen MR) is 64.7 cm³/mol. The zero-order valence-electron chi connectivity index (χ0n) is 9.49. The Morgan fingerprint density at radius 2 is 2.06 bits per heavy atom. The number of aryl methyl sites for hydroxylation is 1. The quantitative estimate of drug-likeness (QED) is 0.723. The molecule has 1 aliphatic carbocycles. The molecular formula is C13H14N2O2. The maximum Gasteiger partial charge on any atom is 0.108 e. The van der Waals surface area contributed by atoms with Gasteiger partial charge in [0.05, 0.1) is 11.6 Å². The fourth-order valence-electron chi connectivity index (χ4n) is 2.41. The third-order valence-corrected chi connectivity index (χ3v) is 3.37. The van der Waals surface area contributed by atoms with Crippen LogP contribution in [0.1, 0.15) is 11.7 Å². The second-order valence-corrected chi connectivity index (χ2v) is 4.41. The first kappa shape index (κ1) is 10.5. The van der Waals surface area contributed by atoms with Crippen LogP contribution in [0.2, 0.25) is 0 Å². The molecule has 0 aromatic carbocycles. The van der Waals surface area contributed by atoms with E-state index in [4.69, 9.17) is 0 Å². The topological polar surface area (TPSA) is 58.3 Å². The highest BCUT2D eigenvalue weighted by Gasteiger charge is 2.30. The van der Waals surface area contributed by atoms with Crippen LogP contribution >= 0.6 is 0 Å². The highest BCUT2D eigenvalue weighted by atomic mass is 16.3. The summed E-state index contributed by atoms with van der Waals surface area (Å²) in [4.78, 5) is 4.24. The first-order valence-electron chi connectivity index (χ1n) is 5.65. The molecule has 0 radical (unpaired) electrons. The Kier molecular flexibility index (Phi) is 2.28. The summed E-state index contributed by atoms with van der Waals surface area (Å²) < 4.78 is 1.97. The van der Waals surface area contributed by atoms with Gasteiger partial charge in [0.1, 0.15) is 12.2 Å². The number of nitrogens with zero attached hydrogens (tertiary/aromatic N) is 2. The van der Waals surface area contributed by atoms with E-state index in [1.807, 2.05) is 35.9 Å². The van der Waals surface area contributed by atoms with Crippen LogP contribution in [0.25, 0.3) is 10.9 Å². The maximum absolute atomic E-state index is 9.91. The van der Waals surface area contributed by atoms with E-state index in [0.717, 1.165) is 16.6 Å². The Hall–Kier alpha value is -1.65. The van der Waals surface area contributed by atoms with E-state index < -0.39 is 12.2 Å². The third kappa shape index (κ3) is 1.49. The van der Waals surface area contributed by atoms with E-state index >= 15 is 0 Å². The van der Waals surface area contributed by atoms with Crippen molar-refractivity contribution in [2.45, 2.75) is 25.2 Å². The van der Waals surface area contributed by atoms with Crippen LogP contribution in [-0.4, -0.2) is 32.0 Å². The van der Waals surface area contributed by atoms with Crippen molar-refractivity contribution in [3.05, 3.63) is 42.4 Å². The summed E-state index contributed by atoms with van der Waals surface area (Å²) in [6, 6.07) is 3.71. The molecule has 0 amide bonds. The minimum atomic E-state index is -0.779. The highest BCUT2D eigenvalue weighted by Crippen LogP contribution is 2.29. The van der Waals surface area contributed by atoms with Crippen LogP contribution in [0.5, 0.6) is 0 Å². The number of hydrogen-bond acceptors (Lipinski definition) is 3. The molecule has 0 saturated heterocycles. The molecular weight excluding hydrogens is 216 g/mol. The van der Waals surface area contributed by atoms with Crippen molar-refractivity contribution in [1.82, 2.24) is 9.55 Å². The number of aromatic nitrogens is 2. The molecule has 3 rings (SSSR count). The number of hydrogen-bond donors (Lipinski definition) is 2. The number of pyridine rings is 1. The molecule has 3 unspecified atom stereocenters. The minimum Gasteiger partial charge on any atom is -0.388 e. The normalized spacial score (nSPS) is 28.1. The highest BCUT2D eigenvalue weighted by molar-refractivity contribution is 5.82. The van der Waals surface area contributed by atoms with E-state index in [-0.39, 0.29) is 6.04 Å². The van der Waals surface area contributed by atoms with Gasteiger partial charge in [0, 0.05) is 23.5 Å². The van der Waals surface area contributed by atoms with Crippen LogP contribution in [0.3, 0.4) is 0 Å².